The van der Waals surface area contributed by atoms with Crippen LogP contribution in [0.5, 0.6) is 0 Å². The van der Waals surface area contributed by atoms with Gasteiger partial charge >= 0.3 is 5.97 Å². The van der Waals surface area contributed by atoms with Crippen molar-refractivity contribution in [3.8, 4) is 12.8 Å². The number of carboxylic acid groups (broad SMARTS) is 1. The monoisotopic (exact) mass is 397 g/mol. The van der Waals surface area contributed by atoms with Gasteiger partial charge in [0.25, 0.3) is 6.47 Å². The van der Waals surface area contributed by atoms with Crippen LogP contribution in [0.25, 0.3) is 0 Å². The molecule has 1 aromatic carbocycles. The van der Waals surface area contributed by atoms with Crippen molar-refractivity contribution >= 4 is 18.9 Å². The number of carbonyl (C=O) groups is 3. The predicted octanol–water partition coefficient (Wildman–Crippen LogP) is 3.27. The lowest BCUT2D eigenvalue weighted by molar-refractivity contribution is -0.137. The summed E-state index contributed by atoms with van der Waals surface area (Å²) < 4.78 is 9.48. The van der Waals surface area contributed by atoms with Crippen LogP contribution in [0.3, 0.4) is 0 Å². The van der Waals surface area contributed by atoms with Gasteiger partial charge in [0.2, 0.25) is 6.41 Å². The number of nitrogens with one attached hydrogen (secondary N) is 1. The number of ether oxygens (including phenoxy) is 2. The standard InChI is InChI=1S/C8H8O2.C5H12O.C4H7NO3.C2H6.C2H2/c9-7-10-6-8-4-2-1-3-5-8;1-5(2,3)6-4;6-3-5-2-1-4(7)8;2*1-2/h1-5,7H,6H2;1-4H3;3H,1-2H2,(H,5,6)(H,7,8);1-2H3;1-2H. The number of hydrogen-bond donors (Lipinski definition) is 2. The Hall–Kier alpha value is -2.85. The Morgan fingerprint density at radius 3 is 1.93 bits per heavy atom. The molecule has 0 aliphatic rings. The number of rotatable bonds is 7. The smallest absolute Gasteiger partial charge is 0.305 e. The van der Waals surface area contributed by atoms with Crippen molar-refractivity contribution in [3.63, 3.8) is 0 Å². The van der Waals surface area contributed by atoms with Crippen molar-refractivity contribution in [2.45, 2.75) is 53.2 Å². The number of methoxy groups -OCH3 is 1. The second-order valence-electron chi connectivity index (χ2n) is 5.43. The maximum atomic E-state index is 9.76. The Balaban J connectivity index is -0.000000145. The van der Waals surface area contributed by atoms with Crippen molar-refractivity contribution in [2.24, 2.45) is 0 Å². The first-order valence-corrected chi connectivity index (χ1v) is 8.63. The predicted molar refractivity (Wildman–Crippen MR) is 112 cm³/mol. The molecule has 1 rings (SSSR count). The van der Waals surface area contributed by atoms with E-state index in [9.17, 15) is 14.4 Å². The number of hydrogen-bond acceptors (Lipinski definition) is 5. The van der Waals surface area contributed by atoms with Gasteiger partial charge in [-0.1, -0.05) is 44.2 Å². The lowest BCUT2D eigenvalue weighted by Crippen LogP contribution is -2.15. The van der Waals surface area contributed by atoms with E-state index in [1.165, 1.54) is 0 Å². The fourth-order valence-electron chi connectivity index (χ4n) is 0.943. The van der Waals surface area contributed by atoms with E-state index in [4.69, 9.17) is 9.84 Å². The third kappa shape index (κ3) is 38.6. The summed E-state index contributed by atoms with van der Waals surface area (Å²) in [7, 11) is 1.71. The second kappa shape index (κ2) is 26.4. The van der Waals surface area contributed by atoms with Crippen molar-refractivity contribution in [3.05, 3.63) is 35.9 Å². The zero-order chi connectivity index (χ0) is 22.8. The van der Waals surface area contributed by atoms with Gasteiger partial charge in [-0.25, -0.2) is 0 Å². The second-order valence-corrected chi connectivity index (χ2v) is 5.43. The summed E-state index contributed by atoms with van der Waals surface area (Å²) in [5.41, 5.74) is 1.05. The van der Waals surface area contributed by atoms with Crippen molar-refractivity contribution in [2.75, 3.05) is 13.7 Å². The van der Waals surface area contributed by atoms with E-state index >= 15 is 0 Å². The average Bonchev–Trinajstić information content (AvgIpc) is 2.71. The summed E-state index contributed by atoms with van der Waals surface area (Å²) in [6.07, 6.45) is 8.46. The summed E-state index contributed by atoms with van der Waals surface area (Å²) in [5, 5.41) is 10.2. The van der Waals surface area contributed by atoms with Crippen molar-refractivity contribution in [1.82, 2.24) is 5.32 Å². The topological polar surface area (TPSA) is 102 Å². The molecule has 0 spiro atoms. The zero-order valence-corrected chi connectivity index (χ0v) is 17.8. The molecule has 28 heavy (non-hydrogen) atoms. The third-order valence-corrected chi connectivity index (χ3v) is 2.34. The van der Waals surface area contributed by atoms with E-state index in [2.05, 4.69) is 22.9 Å². The molecule has 160 valence electrons. The number of amides is 1. The maximum Gasteiger partial charge on any atom is 0.305 e. The molecule has 0 fully saturated rings. The quantitative estimate of drug-likeness (QED) is 0.416. The highest BCUT2D eigenvalue weighted by molar-refractivity contribution is 5.67. The minimum Gasteiger partial charge on any atom is -0.481 e. The van der Waals surface area contributed by atoms with Crippen molar-refractivity contribution in [1.29, 1.82) is 0 Å². The molecule has 0 bridgehead atoms. The Morgan fingerprint density at radius 1 is 1.14 bits per heavy atom. The first-order chi connectivity index (χ1) is 13.3. The normalized spacial score (nSPS) is 8.29. The summed E-state index contributed by atoms with van der Waals surface area (Å²) >= 11 is 0. The molecule has 0 aliphatic carbocycles. The molecule has 0 radical (unpaired) electrons. The van der Waals surface area contributed by atoms with Crippen LogP contribution >= 0.6 is 0 Å². The maximum absolute atomic E-state index is 9.76. The first kappa shape index (κ1) is 32.8. The number of benzene rings is 1. The van der Waals surface area contributed by atoms with Crippen LogP contribution in [0.2, 0.25) is 0 Å². The van der Waals surface area contributed by atoms with Gasteiger partial charge in [-0.05, 0) is 26.3 Å². The number of terminal acetylenes is 1. The highest BCUT2D eigenvalue weighted by atomic mass is 16.5. The Morgan fingerprint density at radius 2 is 1.61 bits per heavy atom. The van der Waals surface area contributed by atoms with Gasteiger partial charge in [0, 0.05) is 13.7 Å². The average molecular weight is 398 g/mol. The van der Waals surface area contributed by atoms with Gasteiger partial charge in [0.05, 0.1) is 12.0 Å². The highest BCUT2D eigenvalue weighted by Gasteiger charge is 2.04. The molecule has 0 aromatic heterocycles. The minimum absolute atomic E-state index is 0.0151. The molecule has 2 N–H and O–H groups in total. The molecule has 0 atom stereocenters. The molecular formula is C21H35NO6. The molecule has 0 heterocycles. The van der Waals surface area contributed by atoms with Gasteiger partial charge in [0.1, 0.15) is 6.61 Å². The number of carbonyl (C=O) groups excluding carboxylic acids is 2. The van der Waals surface area contributed by atoms with E-state index in [1.807, 2.05) is 65.0 Å². The Bertz CT molecular complexity index is 481. The molecule has 1 amide bonds. The van der Waals surface area contributed by atoms with Gasteiger partial charge < -0.3 is 19.9 Å². The summed E-state index contributed by atoms with van der Waals surface area (Å²) in [6, 6.07) is 9.55. The van der Waals surface area contributed by atoms with Crippen LogP contribution in [0, 0.1) is 12.8 Å². The molecule has 0 saturated heterocycles. The van der Waals surface area contributed by atoms with E-state index in [1.54, 1.807) is 7.11 Å². The molecule has 0 aliphatic heterocycles. The number of carboxylic acids is 1. The highest BCUT2D eigenvalue weighted by Crippen LogP contribution is 2.02. The summed E-state index contributed by atoms with van der Waals surface area (Å²) in [5.74, 6) is -0.903. The first-order valence-electron chi connectivity index (χ1n) is 8.63. The van der Waals surface area contributed by atoms with Crippen LogP contribution < -0.4 is 5.32 Å². The van der Waals surface area contributed by atoms with E-state index in [0.29, 0.717) is 19.5 Å². The van der Waals surface area contributed by atoms with Crippen LogP contribution in [-0.4, -0.2) is 43.2 Å². The van der Waals surface area contributed by atoms with Crippen LogP contribution in [0.4, 0.5) is 0 Å². The van der Waals surface area contributed by atoms with Gasteiger partial charge in [0.15, 0.2) is 0 Å². The van der Waals surface area contributed by atoms with Crippen molar-refractivity contribution < 1.29 is 29.0 Å². The summed E-state index contributed by atoms with van der Waals surface area (Å²) in [6.45, 7) is 11.1. The minimum atomic E-state index is -0.903. The zero-order valence-electron chi connectivity index (χ0n) is 17.8. The largest absolute Gasteiger partial charge is 0.481 e. The molecule has 0 saturated carbocycles. The van der Waals surface area contributed by atoms with E-state index in [0.717, 1.165) is 5.56 Å². The van der Waals surface area contributed by atoms with E-state index < -0.39 is 5.97 Å². The van der Waals surface area contributed by atoms with Crippen LogP contribution in [-0.2, 0) is 30.5 Å². The van der Waals surface area contributed by atoms with E-state index in [-0.39, 0.29) is 18.6 Å². The van der Waals surface area contributed by atoms with Gasteiger partial charge in [-0.2, -0.15) is 0 Å². The lowest BCUT2D eigenvalue weighted by atomic mass is 10.2. The molecule has 7 heteroatoms. The SMILES string of the molecule is C#C.CC.COC(C)(C)C.O=CNCCC(=O)O.O=COCc1ccccc1. The fraction of sp³-hybridized carbons (Fsp3) is 0.476. The Labute approximate surface area is 169 Å². The third-order valence-electron chi connectivity index (χ3n) is 2.34. The van der Waals surface area contributed by atoms with Crippen LogP contribution in [0.15, 0.2) is 30.3 Å². The van der Waals surface area contributed by atoms with Gasteiger partial charge in [-0.15, -0.1) is 12.8 Å². The lowest BCUT2D eigenvalue weighted by Gasteiger charge is -2.14. The fourth-order valence-corrected chi connectivity index (χ4v) is 0.943. The summed E-state index contributed by atoms with van der Waals surface area (Å²) in [4.78, 5) is 29.0. The number of aliphatic carboxylic acids is 1. The molecule has 1 aromatic rings. The molecular weight excluding hydrogens is 362 g/mol. The molecule has 0 unspecified atom stereocenters. The molecule has 7 nitrogen and oxygen atoms in total. The van der Waals surface area contributed by atoms with Crippen LogP contribution in [0.1, 0.15) is 46.6 Å². The Kier molecular flexibility index (Phi) is 30.9. The van der Waals surface area contributed by atoms with Gasteiger partial charge in [-0.3, -0.25) is 14.4 Å².